The molecule has 0 amide bonds. The lowest BCUT2D eigenvalue weighted by Crippen LogP contribution is -2.52. The van der Waals surface area contributed by atoms with E-state index in [9.17, 15) is 5.11 Å². The molecule has 19 heavy (non-hydrogen) atoms. The van der Waals surface area contributed by atoms with Crippen molar-refractivity contribution in [3.05, 3.63) is 35.7 Å². The smallest absolute Gasteiger partial charge is 0.0744 e. The van der Waals surface area contributed by atoms with Gasteiger partial charge in [0.05, 0.1) is 11.3 Å². The van der Waals surface area contributed by atoms with Crippen molar-refractivity contribution in [3.63, 3.8) is 0 Å². The van der Waals surface area contributed by atoms with Crippen molar-refractivity contribution in [2.45, 2.75) is 50.0 Å². The average molecular weight is 255 g/mol. The average Bonchev–Trinajstić information content (AvgIpc) is 2.46. The summed E-state index contributed by atoms with van der Waals surface area (Å²) in [6.07, 6.45) is 13.4. The van der Waals surface area contributed by atoms with Gasteiger partial charge in [0, 0.05) is 18.0 Å². The Morgan fingerprint density at radius 3 is 3.11 bits per heavy atom. The molecule has 0 bridgehead atoms. The number of hydrogen-bond donors (Lipinski definition) is 1. The summed E-state index contributed by atoms with van der Waals surface area (Å²) in [6.45, 7) is 0. The normalized spacial score (nSPS) is 40.2. The lowest BCUT2D eigenvalue weighted by Gasteiger charge is -2.52. The molecule has 4 rings (SSSR count). The fourth-order valence-corrected chi connectivity index (χ4v) is 4.69. The van der Waals surface area contributed by atoms with E-state index in [0.29, 0.717) is 11.8 Å². The van der Waals surface area contributed by atoms with Crippen LogP contribution in [0.2, 0.25) is 0 Å². The first-order valence-corrected chi connectivity index (χ1v) is 7.64. The van der Waals surface area contributed by atoms with E-state index in [0.717, 1.165) is 6.42 Å². The Labute approximate surface area is 114 Å². The van der Waals surface area contributed by atoms with Crippen molar-refractivity contribution in [3.8, 4) is 0 Å². The van der Waals surface area contributed by atoms with Crippen molar-refractivity contribution >= 4 is 6.08 Å². The Morgan fingerprint density at radius 1 is 1.21 bits per heavy atom. The third-order valence-corrected chi connectivity index (χ3v) is 5.63. The van der Waals surface area contributed by atoms with Crippen LogP contribution in [0.5, 0.6) is 0 Å². The van der Waals surface area contributed by atoms with E-state index in [2.05, 4.69) is 23.2 Å². The first-order chi connectivity index (χ1) is 9.29. The zero-order valence-electron chi connectivity index (χ0n) is 11.3. The molecule has 2 saturated carbocycles. The quantitative estimate of drug-likeness (QED) is 0.769. The van der Waals surface area contributed by atoms with E-state index in [1.165, 1.54) is 43.4 Å². The summed E-state index contributed by atoms with van der Waals surface area (Å²) in [5.74, 6) is 1.23. The predicted molar refractivity (Wildman–Crippen MR) is 75.6 cm³/mol. The Bertz CT molecular complexity index is 524. The van der Waals surface area contributed by atoms with Crippen molar-refractivity contribution in [2.24, 2.45) is 11.8 Å². The summed E-state index contributed by atoms with van der Waals surface area (Å²) in [5.41, 5.74) is 2.00. The molecule has 1 heterocycles. The van der Waals surface area contributed by atoms with Crippen LogP contribution >= 0.6 is 0 Å². The Morgan fingerprint density at radius 2 is 2.16 bits per heavy atom. The van der Waals surface area contributed by atoms with Crippen molar-refractivity contribution < 1.29 is 5.11 Å². The molecule has 1 aromatic heterocycles. The van der Waals surface area contributed by atoms with Crippen LogP contribution in [0.25, 0.3) is 6.08 Å². The van der Waals surface area contributed by atoms with Crippen LogP contribution < -0.4 is 0 Å². The van der Waals surface area contributed by atoms with E-state index in [-0.39, 0.29) is 5.92 Å². The van der Waals surface area contributed by atoms with E-state index >= 15 is 0 Å². The van der Waals surface area contributed by atoms with E-state index in [4.69, 9.17) is 0 Å². The molecule has 0 aromatic carbocycles. The van der Waals surface area contributed by atoms with Gasteiger partial charge in [-0.05, 0) is 43.2 Å². The largest absolute Gasteiger partial charge is 0.389 e. The Balaban J connectivity index is 1.77. The second kappa shape index (κ2) is 4.17. The monoisotopic (exact) mass is 255 g/mol. The van der Waals surface area contributed by atoms with E-state index in [1.807, 2.05) is 12.3 Å². The molecule has 2 nitrogen and oxygen atoms in total. The summed E-state index contributed by atoms with van der Waals surface area (Å²) in [6, 6.07) is 4.15. The maximum atomic E-state index is 11.2. The third kappa shape index (κ3) is 1.62. The summed E-state index contributed by atoms with van der Waals surface area (Å²) in [7, 11) is 0. The van der Waals surface area contributed by atoms with Crippen LogP contribution in [-0.2, 0) is 0 Å². The SMILES string of the molecule is OC12CCCC[C@H]1CC[C@H]1c3ncccc3C=C[C@H]12. The van der Waals surface area contributed by atoms with Crippen molar-refractivity contribution in [1.82, 2.24) is 4.98 Å². The predicted octanol–water partition coefficient (Wildman–Crippen LogP) is 3.52. The standard InChI is InChI=1S/C17H21NO/c19-17-10-2-1-5-13(17)7-8-14-15(17)9-6-12-4-3-11-18-16(12)14/h3-4,6,9,11,13-15,19H,1-2,5,7-8,10H2/t13-,14+,15+,17?/m0/s1. The molecule has 4 atom stereocenters. The lowest BCUT2D eigenvalue weighted by molar-refractivity contribution is -0.111. The first-order valence-electron chi connectivity index (χ1n) is 7.64. The minimum Gasteiger partial charge on any atom is -0.389 e. The zero-order valence-corrected chi connectivity index (χ0v) is 11.3. The van der Waals surface area contributed by atoms with Gasteiger partial charge in [0.1, 0.15) is 0 Å². The maximum Gasteiger partial charge on any atom is 0.0744 e. The number of pyridine rings is 1. The number of aliphatic hydroxyl groups is 1. The van der Waals surface area contributed by atoms with Crippen LogP contribution in [0.3, 0.4) is 0 Å². The number of aromatic nitrogens is 1. The molecule has 2 heteroatoms. The van der Waals surface area contributed by atoms with Gasteiger partial charge in [-0.3, -0.25) is 4.98 Å². The van der Waals surface area contributed by atoms with Crippen LogP contribution in [0.1, 0.15) is 55.7 Å². The Kier molecular flexibility index (Phi) is 2.56. The van der Waals surface area contributed by atoms with Gasteiger partial charge in [0.2, 0.25) is 0 Å². The minimum atomic E-state index is -0.465. The van der Waals surface area contributed by atoms with Gasteiger partial charge in [0.15, 0.2) is 0 Å². The minimum absolute atomic E-state index is 0.286. The number of fused-ring (bicyclic) bond motifs is 5. The fourth-order valence-electron chi connectivity index (χ4n) is 4.69. The highest BCUT2D eigenvalue weighted by atomic mass is 16.3. The fraction of sp³-hybridized carbons (Fsp3) is 0.588. The van der Waals surface area contributed by atoms with Gasteiger partial charge in [0.25, 0.3) is 0 Å². The molecule has 3 aliphatic rings. The first kappa shape index (κ1) is 11.7. The molecular formula is C17H21NO. The molecule has 2 fully saturated rings. The highest BCUT2D eigenvalue weighted by Gasteiger charge is 2.51. The van der Waals surface area contributed by atoms with Gasteiger partial charge in [-0.1, -0.05) is 31.1 Å². The molecular weight excluding hydrogens is 234 g/mol. The van der Waals surface area contributed by atoms with Gasteiger partial charge in [-0.15, -0.1) is 0 Å². The molecule has 3 aliphatic carbocycles. The number of rotatable bonds is 0. The number of hydrogen-bond acceptors (Lipinski definition) is 2. The highest BCUT2D eigenvalue weighted by Crippen LogP contribution is 2.54. The summed E-state index contributed by atoms with van der Waals surface area (Å²) < 4.78 is 0. The van der Waals surface area contributed by atoms with Crippen LogP contribution in [0, 0.1) is 11.8 Å². The number of nitrogens with zero attached hydrogens (tertiary/aromatic N) is 1. The van der Waals surface area contributed by atoms with E-state index < -0.39 is 5.60 Å². The van der Waals surface area contributed by atoms with Crippen molar-refractivity contribution in [2.75, 3.05) is 0 Å². The maximum absolute atomic E-state index is 11.2. The molecule has 100 valence electrons. The van der Waals surface area contributed by atoms with Crippen molar-refractivity contribution in [1.29, 1.82) is 0 Å². The van der Waals surface area contributed by atoms with Gasteiger partial charge in [-0.2, -0.15) is 0 Å². The molecule has 1 N–H and O–H groups in total. The summed E-state index contributed by atoms with van der Waals surface area (Å²) in [4.78, 5) is 4.61. The topological polar surface area (TPSA) is 33.1 Å². The van der Waals surface area contributed by atoms with Crippen LogP contribution in [-0.4, -0.2) is 15.7 Å². The van der Waals surface area contributed by atoms with Crippen LogP contribution in [0.4, 0.5) is 0 Å². The summed E-state index contributed by atoms with van der Waals surface area (Å²) in [5, 5.41) is 11.2. The third-order valence-electron chi connectivity index (χ3n) is 5.63. The molecule has 1 unspecified atom stereocenters. The van der Waals surface area contributed by atoms with Gasteiger partial charge < -0.3 is 5.11 Å². The highest BCUT2D eigenvalue weighted by molar-refractivity contribution is 5.57. The molecule has 0 spiro atoms. The van der Waals surface area contributed by atoms with E-state index in [1.54, 1.807) is 0 Å². The van der Waals surface area contributed by atoms with Crippen LogP contribution in [0.15, 0.2) is 24.4 Å². The second-order valence-electron chi connectivity index (χ2n) is 6.48. The van der Waals surface area contributed by atoms with Gasteiger partial charge in [-0.25, -0.2) is 0 Å². The molecule has 0 radical (unpaired) electrons. The zero-order chi connectivity index (χ0) is 12.9. The molecule has 0 aliphatic heterocycles. The van der Waals surface area contributed by atoms with Gasteiger partial charge >= 0.3 is 0 Å². The Hall–Kier alpha value is -1.15. The molecule has 1 aromatic rings. The molecule has 0 saturated heterocycles. The summed E-state index contributed by atoms with van der Waals surface area (Å²) >= 11 is 0. The lowest BCUT2D eigenvalue weighted by atomic mass is 9.56. The second-order valence-corrected chi connectivity index (χ2v) is 6.48.